The predicted molar refractivity (Wildman–Crippen MR) is 99.3 cm³/mol. The molecule has 0 spiro atoms. The Hall–Kier alpha value is -2.95. The summed E-state index contributed by atoms with van der Waals surface area (Å²) in [6.45, 7) is 4.63. The van der Waals surface area contributed by atoms with E-state index in [1.165, 1.54) is 5.57 Å². The van der Waals surface area contributed by atoms with E-state index in [9.17, 15) is 4.79 Å². The summed E-state index contributed by atoms with van der Waals surface area (Å²) in [6, 6.07) is 11.4. The van der Waals surface area contributed by atoms with Crippen LogP contribution in [0.5, 0.6) is 23.0 Å². The monoisotopic (exact) mass is 364 g/mol. The normalized spacial score (nSPS) is 24.8. The van der Waals surface area contributed by atoms with Gasteiger partial charge in [-0.3, -0.25) is 4.79 Å². The van der Waals surface area contributed by atoms with Gasteiger partial charge in [-0.05, 0) is 60.7 Å². The minimum Gasteiger partial charge on any atom is -0.454 e. The number of allylic oxidation sites excluding steroid dienone is 2. The van der Waals surface area contributed by atoms with E-state index in [0.29, 0.717) is 17.1 Å². The third kappa shape index (κ3) is 2.57. The van der Waals surface area contributed by atoms with Gasteiger partial charge in [0.1, 0.15) is 0 Å². The van der Waals surface area contributed by atoms with E-state index in [-0.39, 0.29) is 25.3 Å². The second kappa shape index (κ2) is 5.78. The van der Waals surface area contributed by atoms with E-state index in [0.717, 1.165) is 23.5 Å². The molecule has 1 aliphatic carbocycles. The average molecular weight is 364 g/mol. The van der Waals surface area contributed by atoms with E-state index in [2.05, 4.69) is 13.0 Å². The fourth-order valence-corrected chi connectivity index (χ4v) is 4.26. The molecule has 0 N–H and O–H groups in total. The van der Waals surface area contributed by atoms with Gasteiger partial charge < -0.3 is 18.9 Å². The van der Waals surface area contributed by atoms with Gasteiger partial charge in [0, 0.05) is 11.0 Å². The summed E-state index contributed by atoms with van der Waals surface area (Å²) in [5.74, 6) is 3.22. The molecule has 0 amide bonds. The van der Waals surface area contributed by atoms with Crippen LogP contribution in [0.15, 0.2) is 42.5 Å². The molecule has 2 aliphatic heterocycles. The van der Waals surface area contributed by atoms with Crippen molar-refractivity contribution in [2.75, 3.05) is 13.6 Å². The van der Waals surface area contributed by atoms with Crippen LogP contribution in [0.4, 0.5) is 0 Å². The van der Waals surface area contributed by atoms with Gasteiger partial charge in [0.2, 0.25) is 13.6 Å². The van der Waals surface area contributed by atoms with Crippen LogP contribution in [0.2, 0.25) is 0 Å². The van der Waals surface area contributed by atoms with Gasteiger partial charge in [-0.1, -0.05) is 19.1 Å². The molecule has 27 heavy (non-hydrogen) atoms. The smallest absolute Gasteiger partial charge is 0.231 e. The first kappa shape index (κ1) is 16.2. The topological polar surface area (TPSA) is 54.0 Å². The lowest BCUT2D eigenvalue weighted by atomic mass is 9.80. The van der Waals surface area contributed by atoms with Crippen molar-refractivity contribution in [2.45, 2.75) is 20.3 Å². The van der Waals surface area contributed by atoms with Crippen molar-refractivity contribution in [1.82, 2.24) is 0 Å². The second-order valence-corrected chi connectivity index (χ2v) is 7.59. The van der Waals surface area contributed by atoms with Gasteiger partial charge in [-0.25, -0.2) is 0 Å². The molecule has 0 aromatic heterocycles. The molecule has 0 saturated carbocycles. The summed E-state index contributed by atoms with van der Waals surface area (Å²) < 4.78 is 21.7. The van der Waals surface area contributed by atoms with Crippen LogP contribution in [-0.4, -0.2) is 19.4 Å². The molecular weight excluding hydrogens is 344 g/mol. The molecule has 2 atom stereocenters. The Kier molecular flexibility index (Phi) is 3.47. The minimum absolute atomic E-state index is 0.100. The molecule has 0 saturated heterocycles. The van der Waals surface area contributed by atoms with Crippen LogP contribution in [0.3, 0.4) is 0 Å². The average Bonchev–Trinajstić information content (AvgIpc) is 3.38. The summed E-state index contributed by atoms with van der Waals surface area (Å²) in [5.41, 5.74) is 2.34. The minimum atomic E-state index is -0.557. The van der Waals surface area contributed by atoms with Crippen molar-refractivity contribution in [3.05, 3.63) is 53.6 Å². The molecule has 0 unspecified atom stereocenters. The number of carbonyl (C=O) groups excluding carboxylic acids is 1. The Balaban J connectivity index is 1.48. The van der Waals surface area contributed by atoms with Gasteiger partial charge in [-0.2, -0.15) is 0 Å². The van der Waals surface area contributed by atoms with E-state index in [1.54, 1.807) is 12.1 Å². The third-order valence-corrected chi connectivity index (χ3v) is 5.59. The fraction of sp³-hybridized carbons (Fsp3) is 0.318. The number of ketones is 1. The molecule has 0 bridgehead atoms. The van der Waals surface area contributed by atoms with Gasteiger partial charge in [0.15, 0.2) is 28.8 Å². The summed E-state index contributed by atoms with van der Waals surface area (Å²) in [6.07, 6.45) is 2.88. The van der Waals surface area contributed by atoms with E-state index in [4.69, 9.17) is 18.9 Å². The first-order valence-corrected chi connectivity index (χ1v) is 9.11. The Bertz CT molecular complexity index is 977. The molecule has 138 valence electrons. The van der Waals surface area contributed by atoms with E-state index in [1.807, 2.05) is 31.2 Å². The van der Waals surface area contributed by atoms with E-state index >= 15 is 0 Å². The molecule has 5 nitrogen and oxygen atoms in total. The van der Waals surface area contributed by atoms with Crippen LogP contribution < -0.4 is 18.9 Å². The van der Waals surface area contributed by atoms with Crippen LogP contribution in [0.25, 0.3) is 5.57 Å². The van der Waals surface area contributed by atoms with Crippen LogP contribution in [0, 0.1) is 11.3 Å². The van der Waals surface area contributed by atoms with Crippen LogP contribution in [-0.2, 0) is 0 Å². The maximum absolute atomic E-state index is 13.3. The zero-order valence-electron chi connectivity index (χ0n) is 15.3. The molecule has 2 heterocycles. The predicted octanol–water partition coefficient (Wildman–Crippen LogP) is 4.46. The summed E-state index contributed by atoms with van der Waals surface area (Å²) in [7, 11) is 0. The zero-order valence-corrected chi connectivity index (χ0v) is 15.3. The van der Waals surface area contributed by atoms with Crippen molar-refractivity contribution < 1.29 is 23.7 Å². The number of fused-ring (bicyclic) bond motifs is 2. The molecule has 3 aliphatic rings. The lowest BCUT2D eigenvalue weighted by Crippen LogP contribution is -2.24. The van der Waals surface area contributed by atoms with Crippen LogP contribution in [0.1, 0.15) is 36.2 Å². The highest BCUT2D eigenvalue weighted by molar-refractivity contribution is 6.04. The lowest BCUT2D eigenvalue weighted by molar-refractivity contribution is 0.0860. The van der Waals surface area contributed by atoms with Crippen molar-refractivity contribution in [1.29, 1.82) is 0 Å². The molecule has 2 aromatic rings. The lowest BCUT2D eigenvalue weighted by Gasteiger charge is -2.21. The molecule has 0 radical (unpaired) electrons. The number of carbonyl (C=O) groups is 1. The number of hydrogen-bond donors (Lipinski definition) is 0. The highest BCUT2D eigenvalue weighted by Gasteiger charge is 2.40. The number of hydrogen-bond acceptors (Lipinski definition) is 5. The maximum Gasteiger partial charge on any atom is 0.231 e. The van der Waals surface area contributed by atoms with Crippen molar-refractivity contribution in [2.24, 2.45) is 11.3 Å². The third-order valence-electron chi connectivity index (χ3n) is 5.59. The largest absolute Gasteiger partial charge is 0.454 e. The van der Waals surface area contributed by atoms with Gasteiger partial charge in [0.05, 0.1) is 0 Å². The molecule has 5 heteroatoms. The maximum atomic E-state index is 13.3. The Morgan fingerprint density at radius 1 is 0.926 bits per heavy atom. The molecule has 2 aromatic carbocycles. The summed E-state index contributed by atoms with van der Waals surface area (Å²) >= 11 is 0. The first-order chi connectivity index (χ1) is 13.0. The molecular formula is C22H20O5. The summed E-state index contributed by atoms with van der Waals surface area (Å²) in [5, 5.41) is 0. The Morgan fingerprint density at radius 3 is 2.30 bits per heavy atom. The van der Waals surface area contributed by atoms with Crippen molar-refractivity contribution in [3.63, 3.8) is 0 Å². The van der Waals surface area contributed by atoms with Crippen LogP contribution >= 0.6 is 0 Å². The number of ether oxygens (including phenoxy) is 4. The molecule has 5 rings (SSSR count). The zero-order chi connectivity index (χ0) is 18.6. The van der Waals surface area contributed by atoms with Gasteiger partial charge in [0.25, 0.3) is 0 Å². The molecule has 0 fully saturated rings. The Morgan fingerprint density at radius 2 is 1.56 bits per heavy atom. The number of rotatable bonds is 3. The highest BCUT2D eigenvalue weighted by Crippen LogP contribution is 2.48. The Labute approximate surface area is 157 Å². The number of Topliss-reactive ketones (excluding diaryl/α,β-unsaturated/α-hetero) is 1. The van der Waals surface area contributed by atoms with Crippen molar-refractivity contribution >= 4 is 11.4 Å². The second-order valence-electron chi connectivity index (χ2n) is 7.59. The van der Waals surface area contributed by atoms with Gasteiger partial charge in [-0.15, -0.1) is 0 Å². The van der Waals surface area contributed by atoms with Gasteiger partial charge >= 0.3 is 0 Å². The number of benzene rings is 2. The fourth-order valence-electron chi connectivity index (χ4n) is 4.26. The van der Waals surface area contributed by atoms with Crippen molar-refractivity contribution in [3.8, 4) is 23.0 Å². The first-order valence-electron chi connectivity index (χ1n) is 9.11. The highest BCUT2D eigenvalue weighted by atomic mass is 16.7. The standard InChI is InChI=1S/C22H20O5/c1-13-9-22(2,21(23)15-4-6-18-20(8-15)27-12-25-18)10-16(13)14-3-5-17-19(7-14)26-11-24-17/h3-8,10,13H,9,11-12H2,1-2H3/t13-,22+/m1/s1. The van der Waals surface area contributed by atoms with E-state index < -0.39 is 5.41 Å². The summed E-state index contributed by atoms with van der Waals surface area (Å²) in [4.78, 5) is 13.3. The SMILES string of the molecule is C[C@@H]1C[C@](C)(C(=O)c2ccc3c(c2)OCO3)C=C1c1ccc2c(c1)OCO2. The quantitative estimate of drug-likeness (QED) is 0.753.